The Balaban J connectivity index is 2.10. The smallest absolute Gasteiger partial charge is 0.341 e. The molecule has 0 aliphatic carbocycles. The molecule has 0 saturated heterocycles. The lowest BCUT2D eigenvalue weighted by Crippen LogP contribution is -2.32. The summed E-state index contributed by atoms with van der Waals surface area (Å²) < 4.78 is 8.25. The Morgan fingerprint density at radius 1 is 1.12 bits per heavy atom. The van der Waals surface area contributed by atoms with Gasteiger partial charge in [0.2, 0.25) is 0 Å². The SMILES string of the molecule is CCCn1c(=NC(=O)c2ccc(Cl)cc2)c(C(=O)OCC)cc2c(=O)n3ccccc3nc21. The van der Waals surface area contributed by atoms with Crippen LogP contribution in [0.15, 0.2) is 64.5 Å². The first kappa shape index (κ1) is 22.4. The van der Waals surface area contributed by atoms with Gasteiger partial charge in [0.1, 0.15) is 16.9 Å². The Morgan fingerprint density at radius 2 is 1.88 bits per heavy atom. The molecule has 0 fully saturated rings. The van der Waals surface area contributed by atoms with Gasteiger partial charge in [0.25, 0.3) is 11.5 Å². The van der Waals surface area contributed by atoms with Crippen LogP contribution in [0.1, 0.15) is 41.0 Å². The summed E-state index contributed by atoms with van der Waals surface area (Å²) >= 11 is 5.93. The largest absolute Gasteiger partial charge is 0.462 e. The van der Waals surface area contributed by atoms with Gasteiger partial charge in [-0.2, -0.15) is 4.99 Å². The number of halogens is 1. The Hall–Kier alpha value is -3.78. The number of rotatable bonds is 5. The van der Waals surface area contributed by atoms with Crippen LogP contribution >= 0.6 is 11.6 Å². The summed E-state index contributed by atoms with van der Waals surface area (Å²) in [7, 11) is 0. The van der Waals surface area contributed by atoms with E-state index < -0.39 is 11.9 Å². The standard InChI is InChI=1S/C24H21ClN4O4/c1-3-12-29-20-17(23(31)28-13-6-5-7-19(28)26-20)14-18(24(32)33-4-2)21(29)27-22(30)15-8-10-16(25)11-9-15/h5-11,13-14H,3-4,12H2,1-2H3. The molecule has 0 atom stereocenters. The van der Waals surface area contributed by atoms with Gasteiger partial charge in [0, 0.05) is 23.3 Å². The predicted molar refractivity (Wildman–Crippen MR) is 125 cm³/mol. The van der Waals surface area contributed by atoms with E-state index >= 15 is 0 Å². The van der Waals surface area contributed by atoms with Gasteiger partial charge in [-0.05, 0) is 55.8 Å². The second kappa shape index (κ2) is 9.38. The molecule has 0 radical (unpaired) electrons. The van der Waals surface area contributed by atoms with Gasteiger partial charge in [-0.3, -0.25) is 14.0 Å². The molecule has 9 heteroatoms. The number of hydrogen-bond acceptors (Lipinski definition) is 5. The van der Waals surface area contributed by atoms with E-state index in [-0.39, 0.29) is 28.6 Å². The van der Waals surface area contributed by atoms with Crippen LogP contribution in [-0.2, 0) is 11.3 Å². The number of esters is 1. The average Bonchev–Trinajstić information content (AvgIpc) is 2.81. The zero-order valence-corrected chi connectivity index (χ0v) is 18.9. The fourth-order valence-electron chi connectivity index (χ4n) is 3.55. The first-order valence-electron chi connectivity index (χ1n) is 10.5. The molecule has 0 bridgehead atoms. The number of pyridine rings is 2. The van der Waals surface area contributed by atoms with Crippen LogP contribution in [0.25, 0.3) is 16.7 Å². The minimum absolute atomic E-state index is 0.0231. The zero-order chi connectivity index (χ0) is 23.5. The summed E-state index contributed by atoms with van der Waals surface area (Å²) in [6.45, 7) is 4.13. The van der Waals surface area contributed by atoms with E-state index in [0.717, 1.165) is 0 Å². The molecule has 33 heavy (non-hydrogen) atoms. The molecule has 0 aliphatic rings. The van der Waals surface area contributed by atoms with E-state index in [4.69, 9.17) is 16.3 Å². The fourth-order valence-corrected chi connectivity index (χ4v) is 3.67. The van der Waals surface area contributed by atoms with Crippen molar-refractivity contribution in [3.05, 3.63) is 86.7 Å². The highest BCUT2D eigenvalue weighted by atomic mass is 35.5. The van der Waals surface area contributed by atoms with Crippen LogP contribution in [0.2, 0.25) is 5.02 Å². The van der Waals surface area contributed by atoms with E-state index in [1.54, 1.807) is 60.2 Å². The van der Waals surface area contributed by atoms with Gasteiger partial charge in [-0.1, -0.05) is 24.6 Å². The van der Waals surface area contributed by atoms with Crippen LogP contribution in [0.3, 0.4) is 0 Å². The summed E-state index contributed by atoms with van der Waals surface area (Å²) in [6, 6.07) is 12.9. The topological polar surface area (TPSA) is 95.0 Å². The molecule has 4 rings (SSSR count). The van der Waals surface area contributed by atoms with Crippen molar-refractivity contribution in [1.82, 2.24) is 14.0 Å². The highest BCUT2D eigenvalue weighted by molar-refractivity contribution is 6.30. The molecule has 0 saturated carbocycles. The summed E-state index contributed by atoms with van der Waals surface area (Å²) in [4.78, 5) is 47.9. The molecule has 1 aromatic carbocycles. The zero-order valence-electron chi connectivity index (χ0n) is 18.1. The molecule has 0 spiro atoms. The third-order valence-electron chi connectivity index (χ3n) is 5.03. The fraction of sp³-hybridized carbons (Fsp3) is 0.208. The van der Waals surface area contributed by atoms with Crippen LogP contribution in [0.4, 0.5) is 0 Å². The molecule has 3 aromatic heterocycles. The molecule has 0 N–H and O–H groups in total. The van der Waals surface area contributed by atoms with E-state index in [9.17, 15) is 14.4 Å². The van der Waals surface area contributed by atoms with Gasteiger partial charge < -0.3 is 9.30 Å². The van der Waals surface area contributed by atoms with Crippen LogP contribution in [-0.4, -0.2) is 32.4 Å². The molecular formula is C24H21ClN4O4. The Labute approximate surface area is 193 Å². The number of carbonyl (C=O) groups is 2. The summed E-state index contributed by atoms with van der Waals surface area (Å²) in [6.07, 6.45) is 2.26. The number of aromatic nitrogens is 3. The van der Waals surface area contributed by atoms with Gasteiger partial charge in [0.15, 0.2) is 5.49 Å². The van der Waals surface area contributed by atoms with Crippen LogP contribution < -0.4 is 11.0 Å². The molecule has 168 valence electrons. The minimum atomic E-state index is -0.676. The van der Waals surface area contributed by atoms with E-state index in [1.165, 1.54) is 10.5 Å². The first-order valence-corrected chi connectivity index (χ1v) is 10.9. The molecule has 0 unspecified atom stereocenters. The van der Waals surface area contributed by atoms with Crippen molar-refractivity contribution in [3.63, 3.8) is 0 Å². The van der Waals surface area contributed by atoms with E-state index in [0.29, 0.717) is 34.8 Å². The van der Waals surface area contributed by atoms with E-state index in [1.807, 2.05) is 6.92 Å². The summed E-state index contributed by atoms with van der Waals surface area (Å²) in [5.74, 6) is -1.23. The lowest BCUT2D eigenvalue weighted by Gasteiger charge is -2.14. The quantitative estimate of drug-likeness (QED) is 0.332. The maximum atomic E-state index is 13.2. The summed E-state index contributed by atoms with van der Waals surface area (Å²) in [5, 5.41) is 0.718. The molecule has 3 heterocycles. The van der Waals surface area contributed by atoms with Gasteiger partial charge in [-0.15, -0.1) is 0 Å². The maximum absolute atomic E-state index is 13.2. The third-order valence-corrected chi connectivity index (χ3v) is 5.28. The number of aryl methyl sites for hydroxylation is 1. The second-order valence-electron chi connectivity index (χ2n) is 7.26. The monoisotopic (exact) mass is 464 g/mol. The molecule has 0 aliphatic heterocycles. The number of amides is 1. The minimum Gasteiger partial charge on any atom is -0.462 e. The highest BCUT2D eigenvalue weighted by Gasteiger charge is 2.20. The first-order chi connectivity index (χ1) is 15.9. The number of ether oxygens (including phenoxy) is 1. The molecular weight excluding hydrogens is 444 g/mol. The van der Waals surface area contributed by atoms with Crippen LogP contribution in [0.5, 0.6) is 0 Å². The normalized spacial score (nSPS) is 11.8. The Kier molecular flexibility index (Phi) is 6.37. The molecule has 8 nitrogen and oxygen atoms in total. The number of carbonyl (C=O) groups excluding carboxylic acids is 2. The van der Waals surface area contributed by atoms with Gasteiger partial charge in [0.05, 0.1) is 12.0 Å². The highest BCUT2D eigenvalue weighted by Crippen LogP contribution is 2.13. The summed E-state index contributed by atoms with van der Waals surface area (Å²) in [5.41, 5.74) is 0.873. The number of benzene rings is 1. The van der Waals surface area contributed by atoms with Crippen molar-refractivity contribution in [3.8, 4) is 0 Å². The number of fused-ring (bicyclic) bond motifs is 2. The maximum Gasteiger partial charge on any atom is 0.341 e. The van der Waals surface area contributed by atoms with E-state index in [2.05, 4.69) is 9.98 Å². The van der Waals surface area contributed by atoms with Crippen LogP contribution in [0, 0.1) is 0 Å². The average molecular weight is 465 g/mol. The lowest BCUT2D eigenvalue weighted by molar-refractivity contribution is 0.0523. The third kappa shape index (κ3) is 4.29. The van der Waals surface area contributed by atoms with Crippen molar-refractivity contribution in [2.24, 2.45) is 4.99 Å². The molecule has 1 amide bonds. The van der Waals surface area contributed by atoms with Gasteiger partial charge >= 0.3 is 5.97 Å². The number of hydrogen-bond donors (Lipinski definition) is 0. The van der Waals surface area contributed by atoms with Crippen molar-refractivity contribution in [1.29, 1.82) is 0 Å². The van der Waals surface area contributed by atoms with Crippen molar-refractivity contribution < 1.29 is 14.3 Å². The second-order valence-corrected chi connectivity index (χ2v) is 7.70. The Bertz CT molecular complexity index is 1500. The van der Waals surface area contributed by atoms with Crippen molar-refractivity contribution >= 4 is 40.2 Å². The number of nitrogens with zero attached hydrogens (tertiary/aromatic N) is 4. The predicted octanol–water partition coefficient (Wildman–Crippen LogP) is 3.63. The Morgan fingerprint density at radius 3 is 2.58 bits per heavy atom. The van der Waals surface area contributed by atoms with Crippen molar-refractivity contribution in [2.75, 3.05) is 6.61 Å². The van der Waals surface area contributed by atoms with Crippen molar-refractivity contribution in [2.45, 2.75) is 26.8 Å². The molecule has 4 aromatic rings. The lowest BCUT2D eigenvalue weighted by atomic mass is 10.2. The van der Waals surface area contributed by atoms with Gasteiger partial charge in [-0.25, -0.2) is 9.78 Å².